The lowest BCUT2D eigenvalue weighted by molar-refractivity contribution is -0.131. The van der Waals surface area contributed by atoms with Crippen LogP contribution < -0.4 is 5.32 Å². The summed E-state index contributed by atoms with van der Waals surface area (Å²) in [5.41, 5.74) is -1.07. The molecule has 0 aliphatic rings. The second kappa shape index (κ2) is 6.97. The lowest BCUT2D eigenvalue weighted by Gasteiger charge is -2.22. The molecule has 6 heteroatoms. The summed E-state index contributed by atoms with van der Waals surface area (Å²) in [6.07, 6.45) is 2.01. The van der Waals surface area contributed by atoms with E-state index in [9.17, 15) is 14.7 Å². The van der Waals surface area contributed by atoms with Gasteiger partial charge in [0.2, 0.25) is 5.91 Å². The van der Waals surface area contributed by atoms with Gasteiger partial charge in [-0.05, 0) is 6.92 Å². The highest BCUT2D eigenvalue weighted by molar-refractivity contribution is 5.93. The van der Waals surface area contributed by atoms with Crippen LogP contribution in [0.5, 0.6) is 0 Å². The third-order valence-electron chi connectivity index (χ3n) is 1.87. The van der Waals surface area contributed by atoms with Crippen molar-refractivity contribution in [2.24, 2.45) is 0 Å². The van der Waals surface area contributed by atoms with Crippen LogP contribution in [-0.4, -0.2) is 48.0 Å². The zero-order chi connectivity index (χ0) is 12.6. The quantitative estimate of drug-likeness (QED) is 0.515. The smallest absolute Gasteiger partial charge is 0.328 e. The molecule has 1 unspecified atom stereocenters. The second-order valence-electron chi connectivity index (χ2n) is 3.63. The van der Waals surface area contributed by atoms with Gasteiger partial charge in [-0.15, -0.1) is 0 Å². The molecule has 1 amide bonds. The first-order valence-electron chi connectivity index (χ1n) is 4.77. The number of carboxylic acids is 1. The third-order valence-corrected chi connectivity index (χ3v) is 1.87. The molecule has 0 heterocycles. The van der Waals surface area contributed by atoms with Gasteiger partial charge in [0.25, 0.3) is 0 Å². The molecule has 0 aromatic heterocycles. The average molecular weight is 231 g/mol. The lowest BCUT2D eigenvalue weighted by atomic mass is 10.0. The van der Waals surface area contributed by atoms with Gasteiger partial charge >= 0.3 is 5.97 Å². The van der Waals surface area contributed by atoms with Crippen LogP contribution in [0.25, 0.3) is 0 Å². The van der Waals surface area contributed by atoms with Gasteiger partial charge in [0.05, 0.1) is 5.60 Å². The maximum absolute atomic E-state index is 11.1. The molecule has 0 saturated heterocycles. The van der Waals surface area contributed by atoms with Crippen LogP contribution in [0.15, 0.2) is 12.2 Å². The fourth-order valence-electron chi connectivity index (χ4n) is 0.894. The predicted octanol–water partition coefficient (Wildman–Crippen LogP) is -0.469. The summed E-state index contributed by atoms with van der Waals surface area (Å²) in [6, 6.07) is 0. The fourth-order valence-corrected chi connectivity index (χ4v) is 0.894. The van der Waals surface area contributed by atoms with Gasteiger partial charge in [0.1, 0.15) is 0 Å². The predicted molar refractivity (Wildman–Crippen MR) is 56.9 cm³/mol. The number of aliphatic hydroxyl groups is 1. The summed E-state index contributed by atoms with van der Waals surface area (Å²) in [5, 5.41) is 20.4. The molecule has 0 spiro atoms. The SMILES string of the molecule is COCCC(C)(O)CNC(=O)/C=C/C(=O)O. The molecule has 3 N–H and O–H groups in total. The Morgan fingerprint density at radius 3 is 2.56 bits per heavy atom. The van der Waals surface area contributed by atoms with E-state index in [1.165, 1.54) is 7.11 Å². The highest BCUT2D eigenvalue weighted by Gasteiger charge is 2.20. The molecule has 0 radical (unpaired) electrons. The molecule has 0 aromatic carbocycles. The first-order chi connectivity index (χ1) is 7.37. The first-order valence-corrected chi connectivity index (χ1v) is 4.77. The summed E-state index contributed by atoms with van der Waals surface area (Å²) in [4.78, 5) is 21.2. The molecule has 0 bridgehead atoms. The van der Waals surface area contributed by atoms with Crippen molar-refractivity contribution in [2.75, 3.05) is 20.3 Å². The number of amides is 1. The van der Waals surface area contributed by atoms with Crippen molar-refractivity contribution in [2.45, 2.75) is 18.9 Å². The van der Waals surface area contributed by atoms with Crippen molar-refractivity contribution in [1.29, 1.82) is 0 Å². The highest BCUT2D eigenvalue weighted by Crippen LogP contribution is 2.07. The average Bonchev–Trinajstić information content (AvgIpc) is 2.21. The molecule has 0 fully saturated rings. The normalized spacial score (nSPS) is 14.7. The highest BCUT2D eigenvalue weighted by atomic mass is 16.5. The van der Waals surface area contributed by atoms with E-state index in [0.29, 0.717) is 13.0 Å². The second-order valence-corrected chi connectivity index (χ2v) is 3.63. The first kappa shape index (κ1) is 14.6. The summed E-state index contributed by atoms with van der Waals surface area (Å²) >= 11 is 0. The summed E-state index contributed by atoms with van der Waals surface area (Å²) < 4.78 is 4.80. The van der Waals surface area contributed by atoms with Gasteiger partial charge in [0.15, 0.2) is 0 Å². The largest absolute Gasteiger partial charge is 0.478 e. The van der Waals surface area contributed by atoms with Crippen molar-refractivity contribution in [3.8, 4) is 0 Å². The maximum atomic E-state index is 11.1. The van der Waals surface area contributed by atoms with Gasteiger partial charge < -0.3 is 20.3 Å². The van der Waals surface area contributed by atoms with Crippen LogP contribution in [0.2, 0.25) is 0 Å². The number of aliphatic carboxylic acids is 1. The van der Waals surface area contributed by atoms with Gasteiger partial charge in [-0.2, -0.15) is 0 Å². The number of hydrogen-bond acceptors (Lipinski definition) is 4. The third kappa shape index (κ3) is 7.95. The number of hydrogen-bond donors (Lipinski definition) is 3. The van der Waals surface area contributed by atoms with Gasteiger partial charge in [-0.25, -0.2) is 4.79 Å². The number of carbonyl (C=O) groups is 2. The van der Waals surface area contributed by atoms with E-state index in [-0.39, 0.29) is 6.54 Å². The Balaban J connectivity index is 3.94. The summed E-state index contributed by atoms with van der Waals surface area (Å²) in [5.74, 6) is -1.75. The van der Waals surface area contributed by atoms with Crippen LogP contribution in [0.1, 0.15) is 13.3 Å². The lowest BCUT2D eigenvalue weighted by Crippen LogP contribution is -2.40. The Bertz CT molecular complexity index is 272. The molecule has 0 aliphatic carbocycles. The molecule has 0 aromatic rings. The number of methoxy groups -OCH3 is 1. The topological polar surface area (TPSA) is 95.9 Å². The summed E-state index contributed by atoms with van der Waals surface area (Å²) in [7, 11) is 1.52. The molecular formula is C10H17NO5. The molecule has 92 valence electrons. The fraction of sp³-hybridized carbons (Fsp3) is 0.600. The van der Waals surface area contributed by atoms with Crippen molar-refractivity contribution in [3.05, 3.63) is 12.2 Å². The molecule has 6 nitrogen and oxygen atoms in total. The maximum Gasteiger partial charge on any atom is 0.328 e. The van der Waals surface area contributed by atoms with Crippen molar-refractivity contribution >= 4 is 11.9 Å². The number of nitrogens with one attached hydrogen (secondary N) is 1. The van der Waals surface area contributed by atoms with Crippen molar-refractivity contribution in [1.82, 2.24) is 5.32 Å². The Hall–Kier alpha value is -1.40. The minimum Gasteiger partial charge on any atom is -0.478 e. The Morgan fingerprint density at radius 1 is 1.44 bits per heavy atom. The number of rotatable bonds is 7. The van der Waals surface area contributed by atoms with Crippen LogP contribution in [-0.2, 0) is 14.3 Å². The van der Waals surface area contributed by atoms with E-state index in [4.69, 9.17) is 9.84 Å². The van der Waals surface area contributed by atoms with E-state index in [0.717, 1.165) is 12.2 Å². The van der Waals surface area contributed by atoms with Crippen LogP contribution >= 0.6 is 0 Å². The molecule has 0 aliphatic heterocycles. The van der Waals surface area contributed by atoms with E-state index >= 15 is 0 Å². The van der Waals surface area contributed by atoms with E-state index < -0.39 is 17.5 Å². The van der Waals surface area contributed by atoms with Crippen molar-refractivity contribution < 1.29 is 24.5 Å². The number of carbonyl (C=O) groups excluding carboxylic acids is 1. The minimum absolute atomic E-state index is 0.0408. The van der Waals surface area contributed by atoms with E-state index in [1.807, 2.05) is 0 Å². The van der Waals surface area contributed by atoms with Gasteiger partial charge in [0, 0.05) is 38.8 Å². The van der Waals surface area contributed by atoms with E-state index in [2.05, 4.69) is 5.32 Å². The Morgan fingerprint density at radius 2 is 2.06 bits per heavy atom. The van der Waals surface area contributed by atoms with Crippen LogP contribution in [0.3, 0.4) is 0 Å². The van der Waals surface area contributed by atoms with Gasteiger partial charge in [-0.1, -0.05) is 0 Å². The molecular weight excluding hydrogens is 214 g/mol. The zero-order valence-corrected chi connectivity index (χ0v) is 9.40. The Labute approximate surface area is 93.9 Å². The Kier molecular flexibility index (Phi) is 6.36. The number of carboxylic acid groups (broad SMARTS) is 1. The van der Waals surface area contributed by atoms with Crippen molar-refractivity contribution in [3.63, 3.8) is 0 Å². The van der Waals surface area contributed by atoms with E-state index in [1.54, 1.807) is 6.92 Å². The molecule has 0 rings (SSSR count). The minimum atomic E-state index is -1.19. The van der Waals surface area contributed by atoms with Gasteiger partial charge in [-0.3, -0.25) is 4.79 Å². The zero-order valence-electron chi connectivity index (χ0n) is 9.40. The monoisotopic (exact) mass is 231 g/mol. The number of ether oxygens (including phenoxy) is 1. The summed E-state index contributed by atoms with van der Waals surface area (Å²) in [6.45, 7) is 1.99. The molecule has 0 saturated carbocycles. The van der Waals surface area contributed by atoms with Crippen LogP contribution in [0, 0.1) is 0 Å². The van der Waals surface area contributed by atoms with Crippen LogP contribution in [0.4, 0.5) is 0 Å². The molecule has 1 atom stereocenters. The standard InChI is InChI=1S/C10H17NO5/c1-10(15,5-6-16-2)7-11-8(12)3-4-9(13)14/h3-4,15H,5-7H2,1-2H3,(H,11,12)(H,13,14)/b4-3+. The molecule has 16 heavy (non-hydrogen) atoms.